The third kappa shape index (κ3) is 3.48. The Morgan fingerprint density at radius 2 is 2.19 bits per heavy atom. The molecule has 4 rings (SSSR count). The minimum Gasteiger partial charge on any atom is -0.390 e. The monoisotopic (exact) mass is 460 g/mol. The number of hydrogen-bond donors (Lipinski definition) is 2. The zero-order valence-electron chi connectivity index (χ0n) is 15.3. The fourth-order valence-corrected chi connectivity index (χ4v) is 4.88. The van der Waals surface area contributed by atoms with Crippen LogP contribution in [0, 0.1) is 11.8 Å². The van der Waals surface area contributed by atoms with Crippen LogP contribution >= 0.6 is 22.6 Å². The molecule has 0 radical (unpaired) electrons. The summed E-state index contributed by atoms with van der Waals surface area (Å²) >= 11 is 2.38. The van der Waals surface area contributed by atoms with Crippen LogP contribution in [0.5, 0.6) is 0 Å². The smallest absolute Gasteiger partial charge is 0.228 e. The van der Waals surface area contributed by atoms with Crippen molar-refractivity contribution >= 4 is 28.5 Å². The van der Waals surface area contributed by atoms with Gasteiger partial charge in [-0.15, -0.1) is 0 Å². The Balaban J connectivity index is 1.43. The van der Waals surface area contributed by atoms with E-state index in [1.807, 2.05) is 6.20 Å². The van der Waals surface area contributed by atoms with Crippen molar-refractivity contribution in [1.82, 2.24) is 10.6 Å². The molecule has 1 aromatic carbocycles. The number of nitrogens with one attached hydrogen (secondary N) is 2. The van der Waals surface area contributed by atoms with E-state index in [4.69, 9.17) is 0 Å². The average Bonchev–Trinajstić information content (AvgIpc) is 3.45. The number of fused-ring (bicyclic) bond motifs is 1. The molecular weight excluding hydrogens is 435 g/mol. The number of allylic oxidation sites excluding steroid dienone is 3. The fourth-order valence-electron chi connectivity index (χ4n) is 3.91. The van der Waals surface area contributed by atoms with Crippen molar-refractivity contribution in [2.45, 2.75) is 38.5 Å². The Bertz CT molecular complexity index is 821. The van der Waals surface area contributed by atoms with E-state index in [0.29, 0.717) is 17.8 Å². The zero-order chi connectivity index (χ0) is 18.3. The van der Waals surface area contributed by atoms with Gasteiger partial charge in [-0.05, 0) is 76.2 Å². The topological polar surface area (TPSA) is 41.1 Å². The molecule has 0 spiro atoms. The van der Waals surface area contributed by atoms with Crippen molar-refractivity contribution in [3.63, 3.8) is 0 Å². The largest absolute Gasteiger partial charge is 0.390 e. The summed E-state index contributed by atoms with van der Waals surface area (Å²) in [6.07, 6.45) is 8.28. The molecule has 26 heavy (non-hydrogen) atoms. The summed E-state index contributed by atoms with van der Waals surface area (Å²) in [6.45, 7) is 5.40. The number of hydrogen-bond acceptors (Lipinski definition) is 2. The van der Waals surface area contributed by atoms with Crippen LogP contribution < -0.4 is 10.6 Å². The van der Waals surface area contributed by atoms with Crippen LogP contribution in [0.25, 0.3) is 0 Å². The first-order valence-corrected chi connectivity index (χ1v) is 10.5. The van der Waals surface area contributed by atoms with Crippen LogP contribution in [0.1, 0.15) is 49.7 Å². The van der Waals surface area contributed by atoms with E-state index in [-0.39, 0.29) is 11.8 Å². The van der Waals surface area contributed by atoms with Gasteiger partial charge in [0.1, 0.15) is 0 Å². The molecule has 0 saturated heterocycles. The maximum atomic E-state index is 12.8. The summed E-state index contributed by atoms with van der Waals surface area (Å²) in [5.41, 5.74) is 5.00. The molecule has 136 valence electrons. The fraction of sp³-hybridized carbons (Fsp3) is 0.409. The second kappa shape index (κ2) is 7.22. The van der Waals surface area contributed by atoms with Crippen molar-refractivity contribution in [3.8, 4) is 0 Å². The lowest BCUT2D eigenvalue weighted by atomic mass is 9.88. The number of halogens is 1. The molecule has 3 atom stereocenters. The standard InChI is InChI=1S/C22H25IN2O/c1-13(2)14-4-3-5-15(10-14)18-11-19(18)22(26)25-20-7-6-16-12-24-9-8-17(16)21(20)23/h3-5,7-10,13,16,18-19,24H,6,11-12H2,1-2H3,(H,25,26). The molecule has 0 bridgehead atoms. The average molecular weight is 460 g/mol. The van der Waals surface area contributed by atoms with Crippen molar-refractivity contribution in [2.75, 3.05) is 6.54 Å². The maximum Gasteiger partial charge on any atom is 0.228 e. The first kappa shape index (κ1) is 17.8. The number of amides is 1. The molecule has 3 unspecified atom stereocenters. The summed E-state index contributed by atoms with van der Waals surface area (Å²) in [4.78, 5) is 12.8. The summed E-state index contributed by atoms with van der Waals surface area (Å²) in [6, 6.07) is 8.74. The van der Waals surface area contributed by atoms with Gasteiger partial charge in [-0.1, -0.05) is 44.2 Å². The van der Waals surface area contributed by atoms with Crippen LogP contribution in [0.15, 0.2) is 57.5 Å². The quantitative estimate of drug-likeness (QED) is 0.638. The van der Waals surface area contributed by atoms with Crippen molar-refractivity contribution in [3.05, 3.63) is 68.6 Å². The van der Waals surface area contributed by atoms with Gasteiger partial charge in [-0.3, -0.25) is 4.79 Å². The van der Waals surface area contributed by atoms with Gasteiger partial charge in [0.25, 0.3) is 0 Å². The first-order chi connectivity index (χ1) is 12.5. The van der Waals surface area contributed by atoms with E-state index in [0.717, 1.165) is 25.1 Å². The van der Waals surface area contributed by atoms with E-state index >= 15 is 0 Å². The summed E-state index contributed by atoms with van der Waals surface area (Å²) in [5, 5.41) is 6.49. The number of benzene rings is 1. The maximum absolute atomic E-state index is 12.8. The predicted molar refractivity (Wildman–Crippen MR) is 114 cm³/mol. The van der Waals surface area contributed by atoms with E-state index in [1.54, 1.807) is 0 Å². The van der Waals surface area contributed by atoms with E-state index in [1.165, 1.54) is 20.3 Å². The Morgan fingerprint density at radius 3 is 3.00 bits per heavy atom. The Labute approximate surface area is 169 Å². The third-order valence-corrected chi connectivity index (χ3v) is 6.88. The highest BCUT2D eigenvalue weighted by molar-refractivity contribution is 14.1. The highest BCUT2D eigenvalue weighted by atomic mass is 127. The van der Waals surface area contributed by atoms with E-state index < -0.39 is 0 Å². The zero-order valence-corrected chi connectivity index (χ0v) is 17.4. The minimum atomic E-state index is 0.105. The molecule has 1 heterocycles. The molecule has 3 nitrogen and oxygen atoms in total. The first-order valence-electron chi connectivity index (χ1n) is 9.45. The van der Waals surface area contributed by atoms with Gasteiger partial charge in [0.2, 0.25) is 5.91 Å². The molecular formula is C22H25IN2O. The number of carbonyl (C=O) groups excluding carboxylic acids is 1. The minimum absolute atomic E-state index is 0.105. The van der Waals surface area contributed by atoms with Crippen LogP contribution in [0.3, 0.4) is 0 Å². The second-order valence-electron chi connectivity index (χ2n) is 7.82. The molecule has 2 N–H and O–H groups in total. The molecule has 1 aromatic rings. The summed E-state index contributed by atoms with van der Waals surface area (Å²) < 4.78 is 1.18. The molecule has 3 aliphatic rings. The number of carbonyl (C=O) groups is 1. The van der Waals surface area contributed by atoms with Gasteiger partial charge in [-0.25, -0.2) is 0 Å². The van der Waals surface area contributed by atoms with Crippen LogP contribution in [0.2, 0.25) is 0 Å². The molecule has 0 aromatic heterocycles. The van der Waals surface area contributed by atoms with Crippen molar-refractivity contribution < 1.29 is 4.79 Å². The second-order valence-corrected chi connectivity index (χ2v) is 8.90. The highest BCUT2D eigenvalue weighted by Gasteiger charge is 2.44. The van der Waals surface area contributed by atoms with E-state index in [2.05, 4.69) is 83.5 Å². The van der Waals surface area contributed by atoms with Gasteiger partial charge in [0.15, 0.2) is 0 Å². The van der Waals surface area contributed by atoms with Crippen LogP contribution in [0.4, 0.5) is 0 Å². The molecule has 1 fully saturated rings. The van der Waals surface area contributed by atoms with Crippen LogP contribution in [-0.2, 0) is 4.79 Å². The van der Waals surface area contributed by atoms with E-state index in [9.17, 15) is 4.79 Å². The predicted octanol–water partition coefficient (Wildman–Crippen LogP) is 4.74. The van der Waals surface area contributed by atoms with Crippen molar-refractivity contribution in [2.24, 2.45) is 11.8 Å². The highest BCUT2D eigenvalue weighted by Crippen LogP contribution is 2.48. The van der Waals surface area contributed by atoms with Gasteiger partial charge < -0.3 is 10.6 Å². The molecule has 1 aliphatic heterocycles. The normalized spacial score (nSPS) is 26.9. The van der Waals surface area contributed by atoms with Gasteiger partial charge >= 0.3 is 0 Å². The van der Waals surface area contributed by atoms with Gasteiger partial charge in [0, 0.05) is 22.0 Å². The van der Waals surface area contributed by atoms with Gasteiger partial charge in [0.05, 0.1) is 5.70 Å². The SMILES string of the molecule is CC(C)c1cccc(C2CC2C(=O)NC2=CCC3CNC=CC3=C2I)c1. The molecule has 4 heteroatoms. The lowest BCUT2D eigenvalue weighted by Gasteiger charge is -2.27. The Morgan fingerprint density at radius 1 is 1.35 bits per heavy atom. The lowest BCUT2D eigenvalue weighted by molar-refractivity contribution is -0.121. The van der Waals surface area contributed by atoms with Crippen molar-refractivity contribution in [1.29, 1.82) is 0 Å². The Hall–Kier alpha value is -1.56. The Kier molecular flexibility index (Phi) is 4.95. The number of rotatable bonds is 4. The molecule has 2 aliphatic carbocycles. The van der Waals surface area contributed by atoms with Crippen LogP contribution in [-0.4, -0.2) is 12.5 Å². The third-order valence-electron chi connectivity index (χ3n) is 5.67. The molecule has 1 amide bonds. The summed E-state index contributed by atoms with van der Waals surface area (Å²) in [5.74, 6) is 1.69. The summed E-state index contributed by atoms with van der Waals surface area (Å²) in [7, 11) is 0. The van der Waals surface area contributed by atoms with Gasteiger partial charge in [-0.2, -0.15) is 0 Å². The molecule has 1 saturated carbocycles. The lowest BCUT2D eigenvalue weighted by Crippen LogP contribution is -2.30.